The molecule has 0 bridgehead atoms. The average Bonchev–Trinajstić information content (AvgIpc) is 3.17. The van der Waals surface area contributed by atoms with Gasteiger partial charge in [0.05, 0.1) is 36.6 Å². The summed E-state index contributed by atoms with van der Waals surface area (Å²) in [5.74, 6) is -5.04. The second-order valence-electron chi connectivity index (χ2n) is 8.76. The lowest BCUT2D eigenvalue weighted by atomic mass is 9.97. The van der Waals surface area contributed by atoms with Crippen LogP contribution in [0.3, 0.4) is 0 Å². The maximum Gasteiger partial charge on any atom is 0.268 e. The highest BCUT2D eigenvalue weighted by atomic mass is 19.3. The molecule has 1 aromatic heterocycles. The number of carbonyl (C=O) groups is 3. The van der Waals surface area contributed by atoms with Gasteiger partial charge < -0.3 is 20.4 Å². The Morgan fingerprint density at radius 3 is 2.80 bits per heavy atom. The topological polar surface area (TPSA) is 118 Å². The number of benzene rings is 1. The molecule has 11 heteroatoms. The third-order valence-electron chi connectivity index (χ3n) is 6.12. The molecule has 9 nitrogen and oxygen atoms in total. The number of nitrogens with zero attached hydrogens (tertiary/aromatic N) is 4. The molecule has 2 aromatic rings. The highest BCUT2D eigenvalue weighted by molar-refractivity contribution is 6.09. The van der Waals surface area contributed by atoms with Crippen LogP contribution in [0, 0.1) is 11.3 Å². The van der Waals surface area contributed by atoms with Gasteiger partial charge >= 0.3 is 0 Å². The molecule has 3 heterocycles. The Hall–Kier alpha value is -3.91. The van der Waals surface area contributed by atoms with Crippen molar-refractivity contribution >= 4 is 23.4 Å². The number of hydrogen-bond acceptors (Lipinski definition) is 6. The Morgan fingerprint density at radius 1 is 1.23 bits per heavy atom. The molecule has 0 radical (unpaired) electrons. The molecule has 182 valence electrons. The van der Waals surface area contributed by atoms with Crippen LogP contribution in [0.5, 0.6) is 0 Å². The van der Waals surface area contributed by atoms with Crippen molar-refractivity contribution in [1.29, 1.82) is 5.26 Å². The fourth-order valence-corrected chi connectivity index (χ4v) is 4.27. The van der Waals surface area contributed by atoms with E-state index in [1.165, 1.54) is 18.5 Å². The Labute approximate surface area is 200 Å². The van der Waals surface area contributed by atoms with E-state index >= 15 is 0 Å². The molecule has 35 heavy (non-hydrogen) atoms. The maximum atomic E-state index is 13.6. The number of amides is 3. The normalized spacial score (nSPS) is 18.9. The lowest BCUT2D eigenvalue weighted by molar-refractivity contribution is -0.131. The van der Waals surface area contributed by atoms with Crippen molar-refractivity contribution in [2.45, 2.75) is 31.4 Å². The fraction of sp³-hybridized carbons (Fsp3) is 0.375. The molecule has 0 spiro atoms. The van der Waals surface area contributed by atoms with E-state index in [9.17, 15) is 23.2 Å². The number of nitrogens with one attached hydrogen (secondary N) is 2. The minimum atomic E-state index is -3.14. The summed E-state index contributed by atoms with van der Waals surface area (Å²) in [6.45, 7) is 0.274. The molecule has 2 aliphatic heterocycles. The molecule has 1 unspecified atom stereocenters. The number of carbonyl (C=O) groups excluding carboxylic acids is 3. The van der Waals surface area contributed by atoms with E-state index in [0.717, 1.165) is 35.5 Å². The zero-order valence-electron chi connectivity index (χ0n) is 19.1. The highest BCUT2D eigenvalue weighted by Crippen LogP contribution is 2.31. The van der Waals surface area contributed by atoms with Gasteiger partial charge in [0.1, 0.15) is 6.04 Å². The van der Waals surface area contributed by atoms with Gasteiger partial charge in [0.25, 0.3) is 17.7 Å². The number of anilines is 1. The SMILES string of the molecule is CN1CCc2cc(C(=O)Nc3cnccc3C(=O)NCC(=O)N3CC(F)(F)CC3C#N)ccc2C1. The van der Waals surface area contributed by atoms with E-state index < -0.39 is 49.2 Å². The first-order valence-electron chi connectivity index (χ1n) is 11.1. The molecule has 2 N–H and O–H groups in total. The third kappa shape index (κ3) is 5.44. The van der Waals surface area contributed by atoms with Crippen LogP contribution in [0.2, 0.25) is 0 Å². The summed E-state index contributed by atoms with van der Waals surface area (Å²) in [5, 5.41) is 14.1. The van der Waals surface area contributed by atoms with Crippen LogP contribution in [-0.4, -0.2) is 71.2 Å². The molecule has 1 saturated heterocycles. The monoisotopic (exact) mass is 482 g/mol. The van der Waals surface area contributed by atoms with E-state index in [0.29, 0.717) is 5.56 Å². The molecule has 2 aliphatic rings. The lowest BCUT2D eigenvalue weighted by Crippen LogP contribution is -2.43. The summed E-state index contributed by atoms with van der Waals surface area (Å²) < 4.78 is 27.2. The van der Waals surface area contributed by atoms with Crippen LogP contribution in [-0.2, 0) is 17.8 Å². The van der Waals surface area contributed by atoms with Gasteiger partial charge in [-0.15, -0.1) is 0 Å². The number of likely N-dealkylation sites (tertiary alicyclic amines) is 1. The van der Waals surface area contributed by atoms with Crippen molar-refractivity contribution < 1.29 is 23.2 Å². The van der Waals surface area contributed by atoms with Crippen molar-refractivity contribution in [2.24, 2.45) is 0 Å². The second-order valence-corrected chi connectivity index (χ2v) is 8.76. The van der Waals surface area contributed by atoms with Crippen LogP contribution in [0.15, 0.2) is 36.7 Å². The van der Waals surface area contributed by atoms with E-state index in [-0.39, 0.29) is 11.3 Å². The Bertz CT molecular complexity index is 1210. The van der Waals surface area contributed by atoms with Crippen LogP contribution >= 0.6 is 0 Å². The van der Waals surface area contributed by atoms with Gasteiger partial charge in [-0.1, -0.05) is 6.07 Å². The predicted octanol–water partition coefficient (Wildman–Crippen LogP) is 1.81. The lowest BCUT2D eigenvalue weighted by Gasteiger charge is -2.25. The summed E-state index contributed by atoms with van der Waals surface area (Å²) in [5.41, 5.74) is 2.90. The van der Waals surface area contributed by atoms with Crippen LogP contribution in [0.4, 0.5) is 14.5 Å². The fourth-order valence-electron chi connectivity index (χ4n) is 4.27. The van der Waals surface area contributed by atoms with Crippen molar-refractivity contribution in [2.75, 3.05) is 32.0 Å². The minimum absolute atomic E-state index is 0.0596. The summed E-state index contributed by atoms with van der Waals surface area (Å²) >= 11 is 0. The summed E-state index contributed by atoms with van der Waals surface area (Å²) in [6, 6.07) is 7.29. The van der Waals surface area contributed by atoms with Crippen molar-refractivity contribution in [3.63, 3.8) is 0 Å². The Morgan fingerprint density at radius 2 is 2.03 bits per heavy atom. The number of halogens is 2. The average molecular weight is 482 g/mol. The first-order chi connectivity index (χ1) is 16.7. The number of pyridine rings is 1. The van der Waals surface area contributed by atoms with Gasteiger partial charge in [0.2, 0.25) is 5.91 Å². The van der Waals surface area contributed by atoms with E-state index in [2.05, 4.69) is 20.5 Å². The van der Waals surface area contributed by atoms with Gasteiger partial charge in [-0.3, -0.25) is 19.4 Å². The number of alkyl halides is 2. The highest BCUT2D eigenvalue weighted by Gasteiger charge is 2.47. The quantitative estimate of drug-likeness (QED) is 0.671. The summed E-state index contributed by atoms with van der Waals surface area (Å²) in [7, 11) is 2.04. The van der Waals surface area contributed by atoms with Gasteiger partial charge in [0, 0.05) is 31.3 Å². The first kappa shape index (κ1) is 24.2. The molecule has 1 aromatic carbocycles. The molecule has 1 fully saturated rings. The van der Waals surface area contributed by atoms with Crippen molar-refractivity contribution in [3.8, 4) is 6.07 Å². The van der Waals surface area contributed by atoms with Gasteiger partial charge in [-0.2, -0.15) is 5.26 Å². The zero-order chi connectivity index (χ0) is 25.2. The number of fused-ring (bicyclic) bond motifs is 1. The second kappa shape index (κ2) is 9.76. The molecule has 0 saturated carbocycles. The molecule has 3 amide bonds. The smallest absolute Gasteiger partial charge is 0.268 e. The number of aromatic nitrogens is 1. The number of likely N-dealkylation sites (N-methyl/N-ethyl adjacent to an activating group) is 1. The van der Waals surface area contributed by atoms with E-state index in [1.54, 1.807) is 12.1 Å². The minimum Gasteiger partial charge on any atom is -0.343 e. The van der Waals surface area contributed by atoms with Crippen LogP contribution in [0.1, 0.15) is 38.3 Å². The molecule has 1 atom stereocenters. The summed E-state index contributed by atoms with van der Waals surface area (Å²) in [4.78, 5) is 44.9. The number of rotatable bonds is 5. The molecule has 4 rings (SSSR count). The Balaban J connectivity index is 1.42. The third-order valence-corrected chi connectivity index (χ3v) is 6.12. The molecule has 0 aliphatic carbocycles. The standard InChI is InChI=1S/C24H24F2N6O3/c1-31-7-5-15-8-16(2-3-17(15)13-31)22(34)30-20-11-28-6-4-19(20)23(35)29-12-21(33)32-14-24(25,26)9-18(32)10-27/h2-4,6,8,11,18H,5,7,9,12-14H2,1H3,(H,29,35)(H,30,34). The first-order valence-corrected chi connectivity index (χ1v) is 11.1. The van der Waals surface area contributed by atoms with Crippen LogP contribution in [0.25, 0.3) is 0 Å². The van der Waals surface area contributed by atoms with Crippen molar-refractivity contribution in [1.82, 2.24) is 20.1 Å². The largest absolute Gasteiger partial charge is 0.343 e. The number of nitriles is 1. The zero-order valence-corrected chi connectivity index (χ0v) is 19.1. The maximum absolute atomic E-state index is 13.6. The van der Waals surface area contributed by atoms with Crippen LogP contribution < -0.4 is 10.6 Å². The van der Waals surface area contributed by atoms with E-state index in [1.807, 2.05) is 19.2 Å². The Kier molecular flexibility index (Phi) is 6.75. The van der Waals surface area contributed by atoms with Gasteiger partial charge in [0.15, 0.2) is 0 Å². The number of hydrogen-bond donors (Lipinski definition) is 2. The van der Waals surface area contributed by atoms with Crippen molar-refractivity contribution in [3.05, 3.63) is 58.9 Å². The van der Waals surface area contributed by atoms with E-state index in [4.69, 9.17) is 5.26 Å². The molecular weight excluding hydrogens is 458 g/mol. The van der Waals surface area contributed by atoms with Gasteiger partial charge in [-0.25, -0.2) is 8.78 Å². The molecular formula is C24H24F2N6O3. The van der Waals surface area contributed by atoms with Gasteiger partial charge in [-0.05, 0) is 42.8 Å². The summed E-state index contributed by atoms with van der Waals surface area (Å²) in [6.07, 6.45) is 2.77. The predicted molar refractivity (Wildman–Crippen MR) is 122 cm³/mol.